The van der Waals surface area contributed by atoms with Gasteiger partial charge in [-0.3, -0.25) is 9.59 Å². The predicted octanol–water partition coefficient (Wildman–Crippen LogP) is 3.51. The number of carbonyl (C=O) groups is 2. The van der Waals surface area contributed by atoms with E-state index in [1.54, 1.807) is 12.1 Å². The minimum Gasteiger partial charge on any atom is -0.515 e. The lowest BCUT2D eigenvalue weighted by Crippen LogP contribution is -2.43. The standard InChI is InChI=1S/C19H20O4/c1-19-5-4-13-12-3-2-11(21)7-15(12)17(22)8-14(13)16(19)6-10(9-20)18(19)23/h2-3,7,9,13-14,16,20-21H,4-6,8H2,1H3. The van der Waals surface area contributed by atoms with E-state index in [0.717, 1.165) is 24.7 Å². The molecule has 4 nitrogen and oxygen atoms in total. The van der Waals surface area contributed by atoms with Crippen molar-refractivity contribution < 1.29 is 19.8 Å². The molecule has 0 heterocycles. The van der Waals surface area contributed by atoms with Gasteiger partial charge in [-0.05, 0) is 54.7 Å². The van der Waals surface area contributed by atoms with Crippen LogP contribution in [0.4, 0.5) is 0 Å². The van der Waals surface area contributed by atoms with E-state index in [1.807, 2.05) is 13.0 Å². The molecule has 2 fully saturated rings. The fraction of sp³-hybridized carbons (Fsp3) is 0.474. The number of aliphatic hydroxyl groups excluding tert-OH is 1. The van der Waals surface area contributed by atoms with Gasteiger partial charge >= 0.3 is 0 Å². The van der Waals surface area contributed by atoms with Crippen LogP contribution >= 0.6 is 0 Å². The molecule has 4 unspecified atom stereocenters. The topological polar surface area (TPSA) is 74.6 Å². The monoisotopic (exact) mass is 312 g/mol. The first-order valence-corrected chi connectivity index (χ1v) is 8.20. The molecule has 2 saturated carbocycles. The predicted molar refractivity (Wildman–Crippen MR) is 84.5 cm³/mol. The summed E-state index contributed by atoms with van der Waals surface area (Å²) >= 11 is 0. The van der Waals surface area contributed by atoms with Gasteiger partial charge in [-0.15, -0.1) is 0 Å². The van der Waals surface area contributed by atoms with Gasteiger partial charge in [-0.25, -0.2) is 0 Å². The van der Waals surface area contributed by atoms with Crippen LogP contribution in [0.2, 0.25) is 0 Å². The molecule has 0 spiro atoms. The molecule has 0 radical (unpaired) electrons. The molecule has 3 aliphatic rings. The third-order valence-corrected chi connectivity index (χ3v) is 6.39. The Bertz CT molecular complexity index is 748. The van der Waals surface area contributed by atoms with E-state index in [4.69, 9.17) is 0 Å². The highest BCUT2D eigenvalue weighted by Crippen LogP contribution is 2.60. The largest absolute Gasteiger partial charge is 0.515 e. The van der Waals surface area contributed by atoms with Crippen LogP contribution in [0.1, 0.15) is 54.4 Å². The molecule has 120 valence electrons. The SMILES string of the molecule is CC12CCC3c4ccc(O)cc4C(=O)CC3C1CC(=CO)C2=O. The molecule has 3 aliphatic carbocycles. The second-order valence-electron chi connectivity index (χ2n) is 7.42. The molecular formula is C19H20O4. The zero-order valence-electron chi connectivity index (χ0n) is 13.1. The summed E-state index contributed by atoms with van der Waals surface area (Å²) < 4.78 is 0. The number of fused-ring (bicyclic) bond motifs is 5. The molecular weight excluding hydrogens is 292 g/mol. The van der Waals surface area contributed by atoms with Gasteiger partial charge in [-0.1, -0.05) is 13.0 Å². The average molecular weight is 312 g/mol. The smallest absolute Gasteiger partial charge is 0.168 e. The number of hydrogen-bond donors (Lipinski definition) is 2. The highest BCUT2D eigenvalue weighted by atomic mass is 16.3. The first-order valence-electron chi connectivity index (χ1n) is 8.20. The van der Waals surface area contributed by atoms with Crippen LogP contribution in [-0.2, 0) is 4.79 Å². The lowest BCUT2D eigenvalue weighted by atomic mass is 9.55. The van der Waals surface area contributed by atoms with Gasteiger partial charge in [0.15, 0.2) is 11.6 Å². The van der Waals surface area contributed by atoms with Gasteiger partial charge in [0.05, 0.1) is 6.26 Å². The Morgan fingerprint density at radius 2 is 2.04 bits per heavy atom. The van der Waals surface area contributed by atoms with Crippen LogP contribution < -0.4 is 0 Å². The van der Waals surface area contributed by atoms with Crippen LogP contribution in [0.3, 0.4) is 0 Å². The molecule has 0 saturated heterocycles. The number of rotatable bonds is 0. The summed E-state index contributed by atoms with van der Waals surface area (Å²) in [6.07, 6.45) is 3.59. The summed E-state index contributed by atoms with van der Waals surface area (Å²) in [5.41, 5.74) is 1.70. The second-order valence-corrected chi connectivity index (χ2v) is 7.42. The number of phenols is 1. The maximum absolute atomic E-state index is 12.6. The summed E-state index contributed by atoms with van der Waals surface area (Å²) in [6.45, 7) is 1.99. The van der Waals surface area contributed by atoms with Gasteiger partial charge in [0.2, 0.25) is 0 Å². The van der Waals surface area contributed by atoms with E-state index in [0.29, 0.717) is 24.0 Å². The third kappa shape index (κ3) is 1.84. The fourth-order valence-corrected chi connectivity index (χ4v) is 5.18. The Kier molecular flexibility index (Phi) is 2.96. The van der Waals surface area contributed by atoms with Crippen LogP contribution in [0.5, 0.6) is 5.75 Å². The van der Waals surface area contributed by atoms with Gasteiger partial charge in [0, 0.05) is 23.0 Å². The average Bonchev–Trinajstić information content (AvgIpc) is 2.80. The summed E-state index contributed by atoms with van der Waals surface area (Å²) in [4.78, 5) is 25.2. The van der Waals surface area contributed by atoms with Gasteiger partial charge in [0.1, 0.15) is 5.75 Å². The van der Waals surface area contributed by atoms with E-state index < -0.39 is 5.41 Å². The molecule has 4 heteroatoms. The Balaban J connectivity index is 1.79. The van der Waals surface area contributed by atoms with Crippen molar-refractivity contribution in [3.05, 3.63) is 41.2 Å². The number of carbonyl (C=O) groups excluding carboxylic acids is 2. The van der Waals surface area contributed by atoms with E-state index in [2.05, 4.69) is 0 Å². The van der Waals surface area contributed by atoms with Crippen molar-refractivity contribution in [2.24, 2.45) is 17.3 Å². The van der Waals surface area contributed by atoms with Crippen molar-refractivity contribution in [2.75, 3.05) is 0 Å². The van der Waals surface area contributed by atoms with Crippen molar-refractivity contribution in [2.45, 2.75) is 38.5 Å². The molecule has 1 aromatic rings. The lowest BCUT2D eigenvalue weighted by Gasteiger charge is -2.47. The summed E-state index contributed by atoms with van der Waals surface area (Å²) in [6, 6.07) is 5.07. The van der Waals surface area contributed by atoms with Crippen molar-refractivity contribution in [1.82, 2.24) is 0 Å². The Hall–Kier alpha value is -2.10. The lowest BCUT2D eigenvalue weighted by molar-refractivity contribution is -0.127. The second kappa shape index (κ2) is 4.70. The number of aliphatic hydroxyl groups is 1. The van der Waals surface area contributed by atoms with Crippen LogP contribution in [0.25, 0.3) is 0 Å². The number of benzene rings is 1. The number of allylic oxidation sites excluding steroid dienone is 1. The zero-order chi connectivity index (χ0) is 16.4. The minimum absolute atomic E-state index is 0.0485. The normalized spacial score (nSPS) is 37.4. The maximum atomic E-state index is 12.6. The number of hydrogen-bond acceptors (Lipinski definition) is 4. The van der Waals surface area contributed by atoms with Gasteiger partial charge < -0.3 is 10.2 Å². The quantitative estimate of drug-likeness (QED) is 0.568. The van der Waals surface area contributed by atoms with Crippen molar-refractivity contribution in [1.29, 1.82) is 0 Å². The third-order valence-electron chi connectivity index (χ3n) is 6.39. The number of Topliss-reactive ketones (excluding diaryl/α,β-unsaturated/α-hetero) is 2. The van der Waals surface area contributed by atoms with Crippen molar-refractivity contribution in [3.8, 4) is 5.75 Å². The summed E-state index contributed by atoms with van der Waals surface area (Å²) in [5.74, 6) is 0.727. The molecule has 23 heavy (non-hydrogen) atoms. The molecule has 0 amide bonds. The summed E-state index contributed by atoms with van der Waals surface area (Å²) in [7, 11) is 0. The molecule has 2 N–H and O–H groups in total. The highest BCUT2D eigenvalue weighted by Gasteiger charge is 2.57. The Morgan fingerprint density at radius 1 is 1.26 bits per heavy atom. The first-order chi connectivity index (χ1) is 11.0. The number of aromatic hydroxyl groups is 1. The Labute approximate surface area is 134 Å². The highest BCUT2D eigenvalue weighted by molar-refractivity contribution is 6.03. The minimum atomic E-state index is -0.454. The van der Waals surface area contributed by atoms with E-state index in [9.17, 15) is 19.8 Å². The molecule has 0 aromatic heterocycles. The fourth-order valence-electron chi connectivity index (χ4n) is 5.18. The van der Waals surface area contributed by atoms with E-state index in [-0.39, 0.29) is 35.1 Å². The van der Waals surface area contributed by atoms with Gasteiger partial charge in [0.25, 0.3) is 0 Å². The number of ketones is 2. The molecule has 4 rings (SSSR count). The maximum Gasteiger partial charge on any atom is 0.168 e. The number of phenolic OH excluding ortho intramolecular Hbond substituents is 1. The summed E-state index contributed by atoms with van der Waals surface area (Å²) in [5, 5.41) is 19.0. The van der Waals surface area contributed by atoms with Crippen LogP contribution in [0, 0.1) is 17.3 Å². The van der Waals surface area contributed by atoms with Gasteiger partial charge in [-0.2, -0.15) is 0 Å². The van der Waals surface area contributed by atoms with E-state index in [1.165, 1.54) is 0 Å². The molecule has 0 aliphatic heterocycles. The molecule has 0 bridgehead atoms. The molecule has 4 atom stereocenters. The van der Waals surface area contributed by atoms with E-state index >= 15 is 0 Å². The Morgan fingerprint density at radius 3 is 2.78 bits per heavy atom. The van der Waals surface area contributed by atoms with Crippen LogP contribution in [-0.4, -0.2) is 21.8 Å². The zero-order valence-corrected chi connectivity index (χ0v) is 13.1. The van der Waals surface area contributed by atoms with Crippen molar-refractivity contribution in [3.63, 3.8) is 0 Å². The van der Waals surface area contributed by atoms with Crippen LogP contribution in [0.15, 0.2) is 30.0 Å². The van der Waals surface area contributed by atoms with Crippen molar-refractivity contribution >= 4 is 11.6 Å². The first kappa shape index (κ1) is 14.5. The molecule has 1 aromatic carbocycles.